The van der Waals surface area contributed by atoms with Crippen LogP contribution in [-0.4, -0.2) is 20.3 Å². The van der Waals surface area contributed by atoms with Crippen molar-refractivity contribution in [3.05, 3.63) is 7.11 Å². The fraction of sp³-hybridized carbons (Fsp3) is 0.800. The second-order valence-electron chi connectivity index (χ2n) is 1.25. The van der Waals surface area contributed by atoms with Gasteiger partial charge in [0.05, 0.1) is 7.11 Å². The van der Waals surface area contributed by atoms with E-state index in [-0.39, 0.29) is 0 Å². The lowest BCUT2D eigenvalue weighted by atomic mass is 10.5. The molecule has 0 saturated carbocycles. The molecule has 0 spiro atoms. The van der Waals surface area contributed by atoms with E-state index >= 15 is 0 Å². The highest BCUT2D eigenvalue weighted by Crippen LogP contribution is 1.79. The van der Waals surface area contributed by atoms with Crippen LogP contribution >= 0.6 is 0 Å². The van der Waals surface area contributed by atoms with Gasteiger partial charge in [0.25, 0.3) is 0 Å². The predicted octanol–water partition coefficient (Wildman–Crippen LogP) is 0.831. The molecule has 0 saturated heterocycles. The molecule has 7 heavy (non-hydrogen) atoms. The van der Waals surface area contributed by atoms with E-state index in [0.717, 1.165) is 13.0 Å². The Morgan fingerprint density at radius 2 is 2.14 bits per heavy atom. The highest BCUT2D eigenvalue weighted by molar-refractivity contribution is 4.29. The third kappa shape index (κ3) is 5.92. The first-order valence-electron chi connectivity index (χ1n) is 2.27. The third-order valence-corrected chi connectivity index (χ3v) is 0.637. The largest absolute Gasteiger partial charge is 0.385 e. The van der Waals surface area contributed by atoms with E-state index in [1.54, 1.807) is 7.11 Å². The van der Waals surface area contributed by atoms with E-state index in [2.05, 4.69) is 11.8 Å². The summed E-state index contributed by atoms with van der Waals surface area (Å²) >= 11 is 0. The van der Waals surface area contributed by atoms with Crippen molar-refractivity contribution < 1.29 is 9.47 Å². The van der Waals surface area contributed by atoms with Crippen LogP contribution in [0.5, 0.6) is 0 Å². The van der Waals surface area contributed by atoms with Crippen LogP contribution in [0.4, 0.5) is 0 Å². The fourth-order valence-corrected chi connectivity index (χ4v) is 0.305. The quantitative estimate of drug-likeness (QED) is 0.491. The molecule has 0 aromatic carbocycles. The van der Waals surface area contributed by atoms with Crippen molar-refractivity contribution in [2.75, 3.05) is 20.3 Å². The normalized spacial score (nSPS) is 9.43. The summed E-state index contributed by atoms with van der Waals surface area (Å²) in [5, 5.41) is 0. The molecule has 43 valence electrons. The number of hydrogen-bond donors (Lipinski definition) is 0. The first kappa shape index (κ1) is 6.92. The van der Waals surface area contributed by atoms with E-state index in [1.165, 1.54) is 0 Å². The Balaban J connectivity index is 2.45. The Kier molecular flexibility index (Phi) is 5.85. The smallest absolute Gasteiger partial charge is 0.0700 e. The fourth-order valence-electron chi connectivity index (χ4n) is 0.305. The first-order chi connectivity index (χ1) is 3.41. The Bertz CT molecular complexity index is 25.3. The van der Waals surface area contributed by atoms with Gasteiger partial charge in [0.15, 0.2) is 0 Å². The van der Waals surface area contributed by atoms with Gasteiger partial charge in [-0.3, -0.25) is 0 Å². The zero-order chi connectivity index (χ0) is 5.54. The average molecular weight is 103 g/mol. The lowest BCUT2D eigenvalue weighted by molar-refractivity contribution is 0.154. The summed E-state index contributed by atoms with van der Waals surface area (Å²) in [5.41, 5.74) is 0. The second-order valence-corrected chi connectivity index (χ2v) is 1.25. The minimum absolute atomic E-state index is 0.688. The number of methoxy groups -OCH3 is 1. The van der Waals surface area contributed by atoms with Crippen LogP contribution in [-0.2, 0) is 9.47 Å². The molecule has 0 aliphatic rings. The molecule has 2 heteroatoms. The Labute approximate surface area is 44.4 Å². The molecule has 0 aromatic rings. The molecular weight excluding hydrogens is 92.1 g/mol. The van der Waals surface area contributed by atoms with Gasteiger partial charge in [-0.15, -0.1) is 0 Å². The van der Waals surface area contributed by atoms with Crippen LogP contribution in [0.15, 0.2) is 0 Å². The minimum atomic E-state index is 0.688. The maximum Gasteiger partial charge on any atom is 0.0700 e. The van der Waals surface area contributed by atoms with Gasteiger partial charge in [-0.2, -0.15) is 0 Å². The van der Waals surface area contributed by atoms with Crippen LogP contribution in [0, 0.1) is 7.11 Å². The van der Waals surface area contributed by atoms with Crippen molar-refractivity contribution in [1.82, 2.24) is 0 Å². The molecule has 0 rings (SSSR count). The summed E-state index contributed by atoms with van der Waals surface area (Å²) in [4.78, 5) is 0. The van der Waals surface area contributed by atoms with Gasteiger partial charge in [-0.05, 0) is 6.42 Å². The Morgan fingerprint density at radius 1 is 1.43 bits per heavy atom. The molecule has 0 heterocycles. The van der Waals surface area contributed by atoms with E-state index in [9.17, 15) is 0 Å². The standard InChI is InChI=1S/C5H11O2/c1-6-4-3-5-7-2/h1,3-5H2,2H3. The zero-order valence-corrected chi connectivity index (χ0v) is 4.64. The molecule has 2 nitrogen and oxygen atoms in total. The topological polar surface area (TPSA) is 18.5 Å². The van der Waals surface area contributed by atoms with Gasteiger partial charge in [-0.1, -0.05) is 0 Å². The molecule has 0 aliphatic heterocycles. The van der Waals surface area contributed by atoms with Crippen LogP contribution < -0.4 is 0 Å². The second kappa shape index (κ2) is 5.92. The van der Waals surface area contributed by atoms with Gasteiger partial charge in [0, 0.05) is 20.3 Å². The van der Waals surface area contributed by atoms with Gasteiger partial charge in [-0.25, -0.2) is 0 Å². The predicted molar refractivity (Wildman–Crippen MR) is 27.8 cm³/mol. The van der Waals surface area contributed by atoms with Crippen LogP contribution in [0.25, 0.3) is 0 Å². The van der Waals surface area contributed by atoms with Gasteiger partial charge in [0.2, 0.25) is 0 Å². The minimum Gasteiger partial charge on any atom is -0.385 e. The highest BCUT2D eigenvalue weighted by atomic mass is 16.5. The molecule has 0 atom stereocenters. The Morgan fingerprint density at radius 3 is 2.57 bits per heavy atom. The van der Waals surface area contributed by atoms with Crippen molar-refractivity contribution in [3.8, 4) is 0 Å². The lowest BCUT2D eigenvalue weighted by Gasteiger charge is -1.94. The molecule has 0 bridgehead atoms. The molecule has 1 radical (unpaired) electrons. The average Bonchev–Trinajstić information content (AvgIpc) is 1.69. The third-order valence-electron chi connectivity index (χ3n) is 0.637. The monoisotopic (exact) mass is 103 g/mol. The number of rotatable bonds is 4. The molecule has 0 fully saturated rings. The summed E-state index contributed by atoms with van der Waals surface area (Å²) in [7, 11) is 4.87. The number of hydrogen-bond acceptors (Lipinski definition) is 2. The van der Waals surface area contributed by atoms with Crippen molar-refractivity contribution >= 4 is 0 Å². The summed E-state index contributed by atoms with van der Waals surface area (Å²) in [6.07, 6.45) is 0.931. The van der Waals surface area contributed by atoms with Gasteiger partial charge < -0.3 is 9.47 Å². The lowest BCUT2D eigenvalue weighted by Crippen LogP contribution is -1.93. The van der Waals surface area contributed by atoms with Crippen LogP contribution in [0.1, 0.15) is 6.42 Å². The maximum absolute atomic E-state index is 4.74. The molecule has 0 aromatic heterocycles. The van der Waals surface area contributed by atoms with Crippen LogP contribution in [0.3, 0.4) is 0 Å². The first-order valence-corrected chi connectivity index (χ1v) is 2.27. The van der Waals surface area contributed by atoms with E-state index < -0.39 is 0 Å². The van der Waals surface area contributed by atoms with Crippen molar-refractivity contribution in [2.24, 2.45) is 0 Å². The Hall–Kier alpha value is -0.0800. The van der Waals surface area contributed by atoms with Gasteiger partial charge >= 0.3 is 0 Å². The van der Waals surface area contributed by atoms with Gasteiger partial charge in [0.1, 0.15) is 0 Å². The zero-order valence-electron chi connectivity index (χ0n) is 4.64. The van der Waals surface area contributed by atoms with Crippen molar-refractivity contribution in [2.45, 2.75) is 6.42 Å². The highest BCUT2D eigenvalue weighted by Gasteiger charge is 1.79. The van der Waals surface area contributed by atoms with E-state index in [4.69, 9.17) is 4.74 Å². The summed E-state index contributed by atoms with van der Waals surface area (Å²) in [6, 6.07) is 0. The maximum atomic E-state index is 4.74. The SMILES string of the molecule is [CH2]OCCCOC. The molecule has 0 amide bonds. The molecule has 0 aliphatic carbocycles. The van der Waals surface area contributed by atoms with Crippen molar-refractivity contribution in [1.29, 1.82) is 0 Å². The van der Waals surface area contributed by atoms with E-state index in [1.807, 2.05) is 0 Å². The van der Waals surface area contributed by atoms with E-state index in [0.29, 0.717) is 6.61 Å². The molecular formula is C5H11O2. The molecule has 0 unspecified atom stereocenters. The summed E-state index contributed by atoms with van der Waals surface area (Å²) in [6.45, 7) is 1.45. The number of ether oxygens (including phenoxy) is 2. The molecule has 0 N–H and O–H groups in total. The summed E-state index contributed by atoms with van der Waals surface area (Å²) < 4.78 is 9.25. The van der Waals surface area contributed by atoms with Crippen molar-refractivity contribution in [3.63, 3.8) is 0 Å². The summed E-state index contributed by atoms with van der Waals surface area (Å²) in [5.74, 6) is 0. The van der Waals surface area contributed by atoms with Crippen LogP contribution in [0.2, 0.25) is 0 Å².